The number of halogens is 1. The molecule has 8 heteroatoms. The summed E-state index contributed by atoms with van der Waals surface area (Å²) >= 11 is 3.44. The van der Waals surface area contributed by atoms with E-state index in [1.165, 1.54) is 0 Å². The van der Waals surface area contributed by atoms with Crippen LogP contribution in [-0.2, 0) is 4.74 Å². The van der Waals surface area contributed by atoms with Crippen LogP contribution in [0.3, 0.4) is 0 Å². The molecule has 1 atom stereocenters. The Labute approximate surface area is 166 Å². The fourth-order valence-electron chi connectivity index (χ4n) is 3.14. The molecule has 0 aromatic carbocycles. The highest BCUT2D eigenvalue weighted by molar-refractivity contribution is 9.10. The van der Waals surface area contributed by atoms with E-state index in [-0.39, 0.29) is 18.7 Å². The molecule has 2 N–H and O–H groups in total. The summed E-state index contributed by atoms with van der Waals surface area (Å²) in [5, 5.41) is 0. The van der Waals surface area contributed by atoms with E-state index in [2.05, 4.69) is 31.8 Å². The van der Waals surface area contributed by atoms with Gasteiger partial charge in [-0.1, -0.05) is 12.0 Å². The molecule has 2 aromatic rings. The minimum atomic E-state index is -0.374. The smallest absolute Gasteiger partial charge is 0.410 e. The standard InChI is InChI=1S/C19H20BrN5O2/c1-3-5-7-13(4-2)12-27-19(26)24-10-6-8-14(24)18-23-16(20)15-17(21)22-9-11-25(15)18/h1,4-5,7,9,11,14H,6,8,10,12H2,2H3,(H2,21,22)/b7-5-,13-4+/t14-/m0/s1. The van der Waals surface area contributed by atoms with Crippen LogP contribution in [0.5, 0.6) is 0 Å². The number of terminal acetylenes is 1. The summed E-state index contributed by atoms with van der Waals surface area (Å²) in [6, 6.07) is -0.187. The van der Waals surface area contributed by atoms with Gasteiger partial charge in [0.15, 0.2) is 5.82 Å². The molecule has 0 bridgehead atoms. The Balaban J connectivity index is 1.80. The summed E-state index contributed by atoms with van der Waals surface area (Å²) in [7, 11) is 0. The van der Waals surface area contributed by atoms with Gasteiger partial charge in [-0.2, -0.15) is 0 Å². The number of hydrogen-bond acceptors (Lipinski definition) is 5. The molecule has 0 spiro atoms. The van der Waals surface area contributed by atoms with Gasteiger partial charge in [0.1, 0.15) is 22.6 Å². The van der Waals surface area contributed by atoms with Crippen molar-refractivity contribution in [3.8, 4) is 12.3 Å². The molecule has 0 radical (unpaired) electrons. The third kappa shape index (κ3) is 3.83. The lowest BCUT2D eigenvalue weighted by molar-refractivity contribution is 0.105. The summed E-state index contributed by atoms with van der Waals surface area (Å²) in [5.74, 6) is 3.54. The lowest BCUT2D eigenvalue weighted by Gasteiger charge is -2.23. The molecule has 3 rings (SSSR count). The summed E-state index contributed by atoms with van der Waals surface area (Å²) in [5.41, 5.74) is 7.50. The maximum atomic E-state index is 12.7. The Bertz CT molecular complexity index is 957. The van der Waals surface area contributed by atoms with Crippen LogP contribution < -0.4 is 5.73 Å². The van der Waals surface area contributed by atoms with Gasteiger partial charge in [0.2, 0.25) is 0 Å². The van der Waals surface area contributed by atoms with E-state index in [4.69, 9.17) is 16.9 Å². The molecule has 7 nitrogen and oxygen atoms in total. The van der Waals surface area contributed by atoms with Crippen molar-refractivity contribution in [1.82, 2.24) is 19.3 Å². The van der Waals surface area contributed by atoms with E-state index in [1.807, 2.05) is 17.4 Å². The van der Waals surface area contributed by atoms with E-state index in [0.29, 0.717) is 22.5 Å². The van der Waals surface area contributed by atoms with E-state index < -0.39 is 0 Å². The highest BCUT2D eigenvalue weighted by Gasteiger charge is 2.34. The maximum absolute atomic E-state index is 12.7. The third-order valence-electron chi connectivity index (χ3n) is 4.48. The van der Waals surface area contributed by atoms with Gasteiger partial charge in [0.05, 0.1) is 6.04 Å². The first kappa shape index (κ1) is 19.0. The van der Waals surface area contributed by atoms with Crippen molar-refractivity contribution >= 4 is 33.4 Å². The van der Waals surface area contributed by atoms with Crippen LogP contribution in [0, 0.1) is 12.3 Å². The molecule has 1 aliphatic heterocycles. The molecule has 140 valence electrons. The number of imidazole rings is 1. The van der Waals surface area contributed by atoms with Gasteiger partial charge in [-0.05, 0) is 53.4 Å². The van der Waals surface area contributed by atoms with Crippen LogP contribution in [0.15, 0.2) is 40.8 Å². The van der Waals surface area contributed by atoms with Crippen molar-refractivity contribution in [3.63, 3.8) is 0 Å². The quantitative estimate of drug-likeness (QED) is 0.593. The zero-order valence-corrected chi connectivity index (χ0v) is 16.5. The van der Waals surface area contributed by atoms with Gasteiger partial charge < -0.3 is 10.5 Å². The second kappa shape index (κ2) is 8.27. The van der Waals surface area contributed by atoms with Crippen molar-refractivity contribution in [2.24, 2.45) is 0 Å². The van der Waals surface area contributed by atoms with Crippen LogP contribution in [0.4, 0.5) is 10.6 Å². The average molecular weight is 430 g/mol. The molecule has 3 heterocycles. The normalized spacial score (nSPS) is 17.6. The number of fused-ring (bicyclic) bond motifs is 1. The molecule has 1 fully saturated rings. The van der Waals surface area contributed by atoms with E-state index in [0.717, 1.165) is 24.2 Å². The summed E-state index contributed by atoms with van der Waals surface area (Å²) < 4.78 is 7.96. The number of likely N-dealkylation sites (tertiary alicyclic amines) is 1. The first-order valence-corrected chi connectivity index (χ1v) is 9.35. The Kier molecular flexibility index (Phi) is 5.81. The van der Waals surface area contributed by atoms with Gasteiger partial charge in [-0.25, -0.2) is 14.8 Å². The van der Waals surface area contributed by atoms with Crippen LogP contribution in [-0.4, -0.2) is 38.5 Å². The number of carbonyl (C=O) groups is 1. The Morgan fingerprint density at radius 2 is 2.41 bits per heavy atom. The van der Waals surface area contributed by atoms with Crippen molar-refractivity contribution in [3.05, 3.63) is 46.6 Å². The Morgan fingerprint density at radius 1 is 1.59 bits per heavy atom. The van der Waals surface area contributed by atoms with Crippen molar-refractivity contribution < 1.29 is 9.53 Å². The molecule has 1 saturated heterocycles. The Hall–Kier alpha value is -2.79. The first-order chi connectivity index (χ1) is 13.1. The van der Waals surface area contributed by atoms with E-state index in [9.17, 15) is 4.79 Å². The fourth-order valence-corrected chi connectivity index (χ4v) is 3.72. The second-order valence-electron chi connectivity index (χ2n) is 6.06. The molecule has 1 aliphatic rings. The molecule has 1 amide bonds. The van der Waals surface area contributed by atoms with Crippen molar-refractivity contribution in [2.45, 2.75) is 25.8 Å². The van der Waals surface area contributed by atoms with E-state index >= 15 is 0 Å². The molecular formula is C19H20BrN5O2. The predicted molar refractivity (Wildman–Crippen MR) is 107 cm³/mol. The fraction of sp³-hybridized carbons (Fsp3) is 0.316. The van der Waals surface area contributed by atoms with Gasteiger partial charge in [-0.15, -0.1) is 6.42 Å². The first-order valence-electron chi connectivity index (χ1n) is 8.56. The molecule has 0 aliphatic carbocycles. The number of nitrogen functional groups attached to an aromatic ring is 1. The molecule has 0 unspecified atom stereocenters. The van der Waals surface area contributed by atoms with E-state index in [1.54, 1.807) is 29.4 Å². The monoisotopic (exact) mass is 429 g/mol. The van der Waals surface area contributed by atoms with Crippen LogP contribution in [0.25, 0.3) is 5.52 Å². The summed E-state index contributed by atoms with van der Waals surface area (Å²) in [6.45, 7) is 2.65. The number of aromatic nitrogens is 3. The van der Waals surface area contributed by atoms with Gasteiger partial charge in [0.25, 0.3) is 0 Å². The maximum Gasteiger partial charge on any atom is 0.410 e. The number of nitrogens with two attached hydrogens (primary N) is 1. The number of amides is 1. The SMILES string of the molecule is C#C/C=C\C(=C/C)COC(=O)N1CCC[C@H]1c1nc(Br)c2c(N)nccn12. The lowest BCUT2D eigenvalue weighted by atomic mass is 10.2. The number of ether oxygens (including phenoxy) is 1. The highest BCUT2D eigenvalue weighted by Crippen LogP contribution is 2.35. The average Bonchev–Trinajstić information content (AvgIpc) is 3.27. The molecular weight excluding hydrogens is 410 g/mol. The number of rotatable bonds is 4. The van der Waals surface area contributed by atoms with Gasteiger partial charge in [0, 0.05) is 18.9 Å². The number of anilines is 1. The number of hydrogen-bond donors (Lipinski definition) is 1. The topological polar surface area (TPSA) is 85.8 Å². The molecule has 0 saturated carbocycles. The predicted octanol–water partition coefficient (Wildman–Crippen LogP) is 3.48. The van der Waals surface area contributed by atoms with Crippen molar-refractivity contribution in [2.75, 3.05) is 18.9 Å². The highest BCUT2D eigenvalue weighted by atomic mass is 79.9. The van der Waals surface area contributed by atoms with Crippen molar-refractivity contribution in [1.29, 1.82) is 0 Å². The third-order valence-corrected chi connectivity index (χ3v) is 5.03. The summed E-state index contributed by atoms with van der Waals surface area (Å²) in [6.07, 6.45) is 15.1. The number of nitrogens with zero attached hydrogens (tertiary/aromatic N) is 4. The molecule has 27 heavy (non-hydrogen) atoms. The Morgan fingerprint density at radius 3 is 3.15 bits per heavy atom. The number of allylic oxidation sites excluding steroid dienone is 2. The zero-order valence-electron chi connectivity index (χ0n) is 14.9. The number of carbonyl (C=O) groups excluding carboxylic acids is 1. The van der Waals surface area contributed by atoms with Gasteiger partial charge >= 0.3 is 6.09 Å². The minimum absolute atomic E-state index is 0.166. The molecule has 2 aromatic heterocycles. The summed E-state index contributed by atoms with van der Waals surface area (Å²) in [4.78, 5) is 23.0. The second-order valence-corrected chi connectivity index (χ2v) is 6.81. The van der Waals surface area contributed by atoms with Crippen LogP contribution in [0.2, 0.25) is 0 Å². The lowest BCUT2D eigenvalue weighted by Crippen LogP contribution is -2.32. The minimum Gasteiger partial charge on any atom is -0.445 e. The zero-order chi connectivity index (χ0) is 19.4. The van der Waals surface area contributed by atoms with Gasteiger partial charge in [-0.3, -0.25) is 9.30 Å². The largest absolute Gasteiger partial charge is 0.445 e. The van der Waals surface area contributed by atoms with Crippen LogP contribution in [0.1, 0.15) is 31.6 Å². The van der Waals surface area contributed by atoms with Crippen LogP contribution >= 0.6 is 15.9 Å².